The fraction of sp³-hybridized carbons (Fsp3) is 0.214. The van der Waals surface area contributed by atoms with E-state index < -0.39 is 5.97 Å². The van der Waals surface area contributed by atoms with Crippen molar-refractivity contribution in [3.8, 4) is 5.75 Å². The van der Waals surface area contributed by atoms with Crippen LogP contribution in [0.2, 0.25) is 5.02 Å². The predicted molar refractivity (Wildman–Crippen MR) is 81.3 cm³/mol. The molecule has 6 heteroatoms. The first-order valence-corrected chi connectivity index (χ1v) is 7.10. The van der Waals surface area contributed by atoms with Gasteiger partial charge in [0, 0.05) is 22.5 Å². The van der Waals surface area contributed by atoms with Crippen LogP contribution in [0.4, 0.5) is 5.69 Å². The molecule has 0 unspecified atom stereocenters. The second kappa shape index (κ2) is 6.15. The van der Waals surface area contributed by atoms with E-state index in [1.54, 1.807) is 25.3 Å². The number of carboxylic acids is 1. The van der Waals surface area contributed by atoms with Crippen molar-refractivity contribution in [2.75, 3.05) is 12.4 Å². The number of rotatable bonds is 5. The Hall–Kier alpha value is -1.72. The van der Waals surface area contributed by atoms with E-state index in [4.69, 9.17) is 21.4 Å². The quantitative estimate of drug-likeness (QED) is 0.875. The van der Waals surface area contributed by atoms with E-state index in [0.717, 1.165) is 16.1 Å². The van der Waals surface area contributed by atoms with Crippen LogP contribution in [0.1, 0.15) is 20.1 Å². The van der Waals surface area contributed by atoms with Crippen LogP contribution in [0.25, 0.3) is 0 Å². The number of halogens is 1. The third kappa shape index (κ3) is 3.23. The maximum atomic E-state index is 10.8. The minimum absolute atomic E-state index is 0.334. The van der Waals surface area contributed by atoms with Crippen molar-refractivity contribution < 1.29 is 14.6 Å². The summed E-state index contributed by atoms with van der Waals surface area (Å²) in [6.45, 7) is 2.45. The highest BCUT2D eigenvalue weighted by Crippen LogP contribution is 2.31. The largest absolute Gasteiger partial charge is 0.495 e. The zero-order chi connectivity index (χ0) is 14.7. The lowest BCUT2D eigenvalue weighted by molar-refractivity contribution is 0.0702. The summed E-state index contributed by atoms with van der Waals surface area (Å²) in [5, 5.41) is 12.8. The lowest BCUT2D eigenvalue weighted by atomic mass is 10.2. The molecule has 0 aliphatic heterocycles. The van der Waals surface area contributed by atoms with E-state index >= 15 is 0 Å². The Morgan fingerprint density at radius 2 is 2.20 bits per heavy atom. The molecule has 1 heterocycles. The summed E-state index contributed by atoms with van der Waals surface area (Å²) < 4.78 is 5.28. The van der Waals surface area contributed by atoms with Crippen LogP contribution in [0.3, 0.4) is 0 Å². The highest BCUT2D eigenvalue weighted by atomic mass is 35.5. The summed E-state index contributed by atoms with van der Waals surface area (Å²) in [5.41, 5.74) is 1.78. The van der Waals surface area contributed by atoms with Gasteiger partial charge in [-0.2, -0.15) is 0 Å². The van der Waals surface area contributed by atoms with Crippen molar-refractivity contribution in [3.05, 3.63) is 44.6 Å². The second-order valence-electron chi connectivity index (χ2n) is 4.23. The van der Waals surface area contributed by atoms with Gasteiger partial charge in [0.05, 0.1) is 12.8 Å². The molecule has 0 fully saturated rings. The molecule has 0 amide bonds. The average Bonchev–Trinajstić information content (AvgIpc) is 2.88. The van der Waals surface area contributed by atoms with Crippen LogP contribution in [-0.4, -0.2) is 18.2 Å². The van der Waals surface area contributed by atoms with Crippen LogP contribution in [-0.2, 0) is 6.54 Å². The third-order valence-corrected chi connectivity index (χ3v) is 4.29. The number of hydrogen-bond acceptors (Lipinski definition) is 4. The Kier molecular flexibility index (Phi) is 4.52. The van der Waals surface area contributed by atoms with Crippen LogP contribution < -0.4 is 10.1 Å². The van der Waals surface area contributed by atoms with Gasteiger partial charge in [-0.1, -0.05) is 11.6 Å². The number of aryl methyl sites for hydroxylation is 1. The molecule has 2 N–H and O–H groups in total. The molecule has 0 radical (unpaired) electrons. The highest BCUT2D eigenvalue weighted by molar-refractivity contribution is 7.13. The maximum Gasteiger partial charge on any atom is 0.345 e. The van der Waals surface area contributed by atoms with Crippen molar-refractivity contribution in [2.45, 2.75) is 13.5 Å². The lowest BCUT2D eigenvalue weighted by Gasteiger charge is -2.12. The number of benzene rings is 1. The first-order valence-electron chi connectivity index (χ1n) is 5.91. The third-order valence-electron chi connectivity index (χ3n) is 2.81. The van der Waals surface area contributed by atoms with E-state index in [9.17, 15) is 4.79 Å². The van der Waals surface area contributed by atoms with Gasteiger partial charge in [-0.25, -0.2) is 4.79 Å². The first-order chi connectivity index (χ1) is 9.51. The average molecular weight is 312 g/mol. The van der Waals surface area contributed by atoms with Gasteiger partial charge in [-0.05, 0) is 30.7 Å². The summed E-state index contributed by atoms with van der Waals surface area (Å²) in [5.74, 6) is -0.239. The van der Waals surface area contributed by atoms with Gasteiger partial charge in [0.1, 0.15) is 10.6 Å². The Morgan fingerprint density at radius 3 is 2.80 bits per heavy atom. The van der Waals surface area contributed by atoms with E-state index in [1.165, 1.54) is 11.3 Å². The Balaban J connectivity index is 2.13. The number of nitrogens with one attached hydrogen (secondary N) is 1. The Labute approximate surface area is 126 Å². The molecule has 0 bridgehead atoms. The fourth-order valence-electron chi connectivity index (χ4n) is 1.74. The first kappa shape index (κ1) is 14.7. The molecule has 4 nitrogen and oxygen atoms in total. The Morgan fingerprint density at radius 1 is 1.45 bits per heavy atom. The van der Waals surface area contributed by atoms with E-state index in [-0.39, 0.29) is 0 Å². The van der Waals surface area contributed by atoms with E-state index in [0.29, 0.717) is 22.2 Å². The normalized spacial score (nSPS) is 10.3. The molecule has 106 valence electrons. The van der Waals surface area contributed by atoms with Crippen LogP contribution >= 0.6 is 22.9 Å². The van der Waals surface area contributed by atoms with E-state index in [1.807, 2.05) is 13.0 Å². The van der Waals surface area contributed by atoms with Gasteiger partial charge in [0.15, 0.2) is 0 Å². The number of aromatic carboxylic acids is 1. The molecular weight excluding hydrogens is 298 g/mol. The molecule has 1 aromatic heterocycles. The molecule has 0 saturated heterocycles. The topological polar surface area (TPSA) is 58.6 Å². The number of carboxylic acid groups (broad SMARTS) is 1. The van der Waals surface area contributed by atoms with Gasteiger partial charge in [0.25, 0.3) is 0 Å². The molecule has 2 rings (SSSR count). The molecule has 1 aromatic carbocycles. The standard InChI is InChI=1S/C14H14ClNO3S/c1-8-5-11(12(19-2)6-10(8)15)16-7-9-3-4-13(20-9)14(17)18/h3-6,16H,7H2,1-2H3,(H,17,18). The summed E-state index contributed by atoms with van der Waals surface area (Å²) in [7, 11) is 1.58. The zero-order valence-corrected chi connectivity index (χ0v) is 12.6. The van der Waals surface area contributed by atoms with Crippen molar-refractivity contribution in [2.24, 2.45) is 0 Å². The maximum absolute atomic E-state index is 10.8. The smallest absolute Gasteiger partial charge is 0.345 e. The fourth-order valence-corrected chi connectivity index (χ4v) is 2.68. The van der Waals surface area contributed by atoms with Crippen LogP contribution in [0.5, 0.6) is 5.75 Å². The van der Waals surface area contributed by atoms with E-state index in [2.05, 4.69) is 5.32 Å². The number of methoxy groups -OCH3 is 1. The molecule has 0 spiro atoms. The van der Waals surface area contributed by atoms with Crippen LogP contribution in [0, 0.1) is 6.92 Å². The van der Waals surface area contributed by atoms with Gasteiger partial charge in [-0.15, -0.1) is 11.3 Å². The minimum Gasteiger partial charge on any atom is -0.495 e. The number of anilines is 1. The molecule has 0 aliphatic rings. The summed E-state index contributed by atoms with van der Waals surface area (Å²) in [6.07, 6.45) is 0. The predicted octanol–water partition coefficient (Wildman–Crippen LogP) is 4.03. The van der Waals surface area contributed by atoms with Crippen molar-refractivity contribution >= 4 is 34.6 Å². The molecule has 20 heavy (non-hydrogen) atoms. The second-order valence-corrected chi connectivity index (χ2v) is 5.80. The molecular formula is C14H14ClNO3S. The minimum atomic E-state index is -0.902. The number of hydrogen-bond donors (Lipinski definition) is 2. The van der Waals surface area contributed by atoms with Gasteiger partial charge in [0.2, 0.25) is 0 Å². The SMILES string of the molecule is COc1cc(Cl)c(C)cc1NCc1ccc(C(=O)O)s1. The lowest BCUT2D eigenvalue weighted by Crippen LogP contribution is -2.00. The van der Waals surface area contributed by atoms with Gasteiger partial charge >= 0.3 is 5.97 Å². The molecule has 0 aliphatic carbocycles. The molecule has 0 saturated carbocycles. The number of carbonyl (C=O) groups is 1. The highest BCUT2D eigenvalue weighted by Gasteiger charge is 2.09. The van der Waals surface area contributed by atoms with Gasteiger partial charge in [-0.3, -0.25) is 0 Å². The van der Waals surface area contributed by atoms with Gasteiger partial charge < -0.3 is 15.2 Å². The van der Waals surface area contributed by atoms with Crippen molar-refractivity contribution in [1.29, 1.82) is 0 Å². The summed E-state index contributed by atoms with van der Waals surface area (Å²) in [4.78, 5) is 12.1. The Bertz CT molecular complexity index is 639. The molecule has 0 atom stereocenters. The number of ether oxygens (including phenoxy) is 1. The monoisotopic (exact) mass is 311 g/mol. The summed E-state index contributed by atoms with van der Waals surface area (Å²) >= 11 is 7.30. The summed E-state index contributed by atoms with van der Waals surface area (Å²) in [6, 6.07) is 7.08. The van der Waals surface area contributed by atoms with Crippen molar-refractivity contribution in [3.63, 3.8) is 0 Å². The van der Waals surface area contributed by atoms with Crippen LogP contribution in [0.15, 0.2) is 24.3 Å². The van der Waals surface area contributed by atoms with Crippen molar-refractivity contribution in [1.82, 2.24) is 0 Å². The number of thiophene rings is 1. The zero-order valence-electron chi connectivity index (χ0n) is 11.1. The molecule has 2 aromatic rings.